The Morgan fingerprint density at radius 1 is 1.50 bits per heavy atom. The van der Waals surface area contributed by atoms with E-state index in [-0.39, 0.29) is 30.2 Å². The quantitative estimate of drug-likeness (QED) is 0.924. The first-order valence-corrected chi connectivity index (χ1v) is 9.18. The van der Waals surface area contributed by atoms with Crippen LogP contribution in [0.4, 0.5) is 4.39 Å². The number of hydrogen-bond acceptors (Lipinski definition) is 4. The Morgan fingerprint density at radius 2 is 2.33 bits per heavy atom. The molecule has 4 nitrogen and oxygen atoms in total. The molecule has 3 rings (SSSR count). The first-order chi connectivity index (χ1) is 11.5. The molecule has 1 aliphatic heterocycles. The highest BCUT2D eigenvalue weighted by molar-refractivity contribution is 7.13. The zero-order chi connectivity index (χ0) is 17.1. The summed E-state index contributed by atoms with van der Waals surface area (Å²) < 4.78 is 13.3. The molecule has 24 heavy (non-hydrogen) atoms. The fourth-order valence-corrected chi connectivity index (χ4v) is 4.03. The van der Waals surface area contributed by atoms with Gasteiger partial charge in [0.15, 0.2) is 0 Å². The van der Waals surface area contributed by atoms with E-state index in [1.54, 1.807) is 6.07 Å². The van der Waals surface area contributed by atoms with Gasteiger partial charge in [0.25, 0.3) is 0 Å². The van der Waals surface area contributed by atoms with Crippen LogP contribution in [0.3, 0.4) is 0 Å². The molecule has 0 saturated carbocycles. The second-order valence-corrected chi connectivity index (χ2v) is 7.20. The van der Waals surface area contributed by atoms with Gasteiger partial charge in [0.2, 0.25) is 5.91 Å². The minimum atomic E-state index is -0.284. The molecule has 2 aromatic rings. The van der Waals surface area contributed by atoms with Crippen molar-refractivity contribution in [3.63, 3.8) is 0 Å². The van der Waals surface area contributed by atoms with E-state index in [9.17, 15) is 9.18 Å². The third kappa shape index (κ3) is 3.82. The molecule has 2 heterocycles. The summed E-state index contributed by atoms with van der Waals surface area (Å²) in [6.45, 7) is 2.73. The fourth-order valence-electron chi connectivity index (χ4n) is 3.21. The van der Waals surface area contributed by atoms with Gasteiger partial charge in [-0.1, -0.05) is 12.1 Å². The third-order valence-electron chi connectivity index (χ3n) is 4.43. The zero-order valence-corrected chi connectivity index (χ0v) is 14.6. The molecule has 1 aromatic carbocycles. The maximum absolute atomic E-state index is 13.3. The summed E-state index contributed by atoms with van der Waals surface area (Å²) >= 11 is 1.43. The Labute approximate surface area is 145 Å². The average molecular weight is 347 g/mol. The molecule has 0 spiro atoms. The standard InChI is InChI=1S/C18H22FN3OS/c1-12(20)16-7-2-3-8-22(16)17(23)10-15-11-24-18(21-15)13-5-4-6-14(19)9-13/h4-6,9,11-12,16H,2-3,7-8,10,20H2,1H3. The van der Waals surface area contributed by atoms with Gasteiger partial charge in [-0.25, -0.2) is 9.37 Å². The molecular weight excluding hydrogens is 325 g/mol. The summed E-state index contributed by atoms with van der Waals surface area (Å²) in [5.74, 6) is -0.207. The van der Waals surface area contributed by atoms with Crippen molar-refractivity contribution < 1.29 is 9.18 Å². The van der Waals surface area contributed by atoms with E-state index >= 15 is 0 Å². The lowest BCUT2D eigenvalue weighted by molar-refractivity contribution is -0.134. The van der Waals surface area contributed by atoms with Gasteiger partial charge in [0.05, 0.1) is 12.1 Å². The highest BCUT2D eigenvalue weighted by Crippen LogP contribution is 2.25. The van der Waals surface area contributed by atoms with Crippen molar-refractivity contribution in [2.24, 2.45) is 5.73 Å². The fraction of sp³-hybridized carbons (Fsp3) is 0.444. The van der Waals surface area contributed by atoms with Crippen LogP contribution in [0.15, 0.2) is 29.6 Å². The van der Waals surface area contributed by atoms with Gasteiger partial charge < -0.3 is 10.6 Å². The van der Waals surface area contributed by atoms with Gasteiger partial charge >= 0.3 is 0 Å². The van der Waals surface area contributed by atoms with E-state index < -0.39 is 0 Å². The number of rotatable bonds is 4. The van der Waals surface area contributed by atoms with Crippen LogP contribution in [0.25, 0.3) is 10.6 Å². The van der Waals surface area contributed by atoms with Crippen LogP contribution in [-0.2, 0) is 11.2 Å². The van der Waals surface area contributed by atoms with Crippen molar-refractivity contribution in [2.75, 3.05) is 6.54 Å². The molecule has 1 saturated heterocycles. The summed E-state index contributed by atoms with van der Waals surface area (Å²) in [6, 6.07) is 6.45. The number of thiazole rings is 1. The normalized spacial score (nSPS) is 19.3. The second kappa shape index (κ2) is 7.40. The van der Waals surface area contributed by atoms with E-state index in [2.05, 4.69) is 4.98 Å². The molecule has 1 fully saturated rings. The van der Waals surface area contributed by atoms with Gasteiger partial charge in [-0.2, -0.15) is 0 Å². The lowest BCUT2D eigenvalue weighted by atomic mass is 9.96. The molecule has 2 N–H and O–H groups in total. The first-order valence-electron chi connectivity index (χ1n) is 8.30. The molecule has 1 aliphatic rings. The summed E-state index contributed by atoms with van der Waals surface area (Å²) in [6.07, 6.45) is 3.39. The van der Waals surface area contributed by atoms with Crippen LogP contribution in [0, 0.1) is 5.82 Å². The van der Waals surface area contributed by atoms with Crippen molar-refractivity contribution in [3.05, 3.63) is 41.2 Å². The van der Waals surface area contributed by atoms with E-state index in [0.717, 1.165) is 42.1 Å². The summed E-state index contributed by atoms with van der Waals surface area (Å²) in [4.78, 5) is 19.1. The number of likely N-dealkylation sites (tertiary alicyclic amines) is 1. The number of nitrogens with zero attached hydrogens (tertiary/aromatic N) is 2. The first kappa shape index (κ1) is 17.0. The number of piperidine rings is 1. The van der Waals surface area contributed by atoms with Gasteiger partial charge in [-0.15, -0.1) is 11.3 Å². The third-order valence-corrected chi connectivity index (χ3v) is 5.37. The van der Waals surface area contributed by atoms with Gasteiger partial charge in [-0.3, -0.25) is 4.79 Å². The molecular formula is C18H22FN3OS. The largest absolute Gasteiger partial charge is 0.338 e. The maximum Gasteiger partial charge on any atom is 0.228 e. The molecule has 128 valence electrons. The molecule has 0 aliphatic carbocycles. The topological polar surface area (TPSA) is 59.2 Å². The summed E-state index contributed by atoms with van der Waals surface area (Å²) in [5.41, 5.74) is 7.52. The smallest absolute Gasteiger partial charge is 0.228 e. The highest BCUT2D eigenvalue weighted by Gasteiger charge is 2.29. The predicted octanol–water partition coefficient (Wildman–Crippen LogP) is 3.22. The number of nitrogens with two attached hydrogens (primary N) is 1. The van der Waals surface area contributed by atoms with Gasteiger partial charge in [-0.05, 0) is 38.3 Å². The van der Waals surface area contributed by atoms with E-state index in [0.29, 0.717) is 0 Å². The van der Waals surface area contributed by atoms with E-state index in [1.165, 1.54) is 23.5 Å². The molecule has 0 radical (unpaired) electrons. The van der Waals surface area contributed by atoms with Crippen LogP contribution >= 0.6 is 11.3 Å². The summed E-state index contributed by atoms with van der Waals surface area (Å²) in [5, 5.41) is 2.61. The van der Waals surface area contributed by atoms with Gasteiger partial charge in [0, 0.05) is 29.6 Å². The second-order valence-electron chi connectivity index (χ2n) is 6.34. The number of hydrogen-bond donors (Lipinski definition) is 1. The van der Waals surface area contributed by atoms with Crippen LogP contribution in [0.1, 0.15) is 31.9 Å². The van der Waals surface area contributed by atoms with Crippen LogP contribution in [0.5, 0.6) is 0 Å². The predicted molar refractivity (Wildman–Crippen MR) is 94.2 cm³/mol. The molecule has 2 unspecified atom stereocenters. The Bertz CT molecular complexity index is 716. The van der Waals surface area contributed by atoms with Crippen molar-refractivity contribution in [1.29, 1.82) is 0 Å². The summed E-state index contributed by atoms with van der Waals surface area (Å²) in [7, 11) is 0. The number of carbonyl (C=O) groups excluding carboxylic acids is 1. The van der Waals surface area contributed by atoms with Crippen LogP contribution in [0.2, 0.25) is 0 Å². The minimum absolute atomic E-state index is 0.0208. The number of aromatic nitrogens is 1. The Kier molecular flexibility index (Phi) is 5.26. The van der Waals surface area contributed by atoms with Crippen molar-refractivity contribution in [1.82, 2.24) is 9.88 Å². The van der Waals surface area contributed by atoms with Crippen LogP contribution < -0.4 is 5.73 Å². The molecule has 1 aromatic heterocycles. The number of carbonyl (C=O) groups is 1. The number of benzene rings is 1. The monoisotopic (exact) mass is 347 g/mol. The number of halogens is 1. The van der Waals surface area contributed by atoms with Gasteiger partial charge in [0.1, 0.15) is 10.8 Å². The SMILES string of the molecule is CC(N)C1CCCCN1C(=O)Cc1csc(-c2cccc(F)c2)n1. The van der Waals surface area contributed by atoms with Crippen molar-refractivity contribution in [2.45, 2.75) is 44.7 Å². The molecule has 2 atom stereocenters. The Hall–Kier alpha value is -1.79. The van der Waals surface area contributed by atoms with Crippen molar-refractivity contribution >= 4 is 17.2 Å². The molecule has 6 heteroatoms. The zero-order valence-electron chi connectivity index (χ0n) is 13.7. The number of amides is 1. The Morgan fingerprint density at radius 3 is 3.08 bits per heavy atom. The maximum atomic E-state index is 13.3. The van der Waals surface area contributed by atoms with Crippen LogP contribution in [-0.4, -0.2) is 34.4 Å². The molecule has 0 bridgehead atoms. The Balaban J connectivity index is 1.71. The van der Waals surface area contributed by atoms with E-state index in [4.69, 9.17) is 5.73 Å². The van der Waals surface area contributed by atoms with Crippen molar-refractivity contribution in [3.8, 4) is 10.6 Å². The average Bonchev–Trinajstić information content (AvgIpc) is 3.03. The lowest BCUT2D eigenvalue weighted by Crippen LogP contribution is -2.52. The highest BCUT2D eigenvalue weighted by atomic mass is 32.1. The lowest BCUT2D eigenvalue weighted by Gasteiger charge is -2.38. The minimum Gasteiger partial charge on any atom is -0.338 e. The van der Waals surface area contributed by atoms with E-state index in [1.807, 2.05) is 23.3 Å². The molecule has 1 amide bonds.